The number of nitrogens with zero attached hydrogens (tertiary/aromatic N) is 2. The fourth-order valence-electron chi connectivity index (χ4n) is 2.52. The van der Waals surface area contributed by atoms with Crippen LogP contribution in [-0.4, -0.2) is 14.9 Å². The van der Waals surface area contributed by atoms with Crippen molar-refractivity contribution in [2.24, 2.45) is 0 Å². The molecule has 0 fully saturated rings. The molecule has 27 heavy (non-hydrogen) atoms. The lowest BCUT2D eigenvalue weighted by Crippen LogP contribution is -2.20. The van der Waals surface area contributed by atoms with Gasteiger partial charge in [0.2, 0.25) is 0 Å². The van der Waals surface area contributed by atoms with Gasteiger partial charge in [-0.3, -0.25) is 4.68 Å². The van der Waals surface area contributed by atoms with Gasteiger partial charge in [-0.2, -0.15) is 5.10 Å². The highest BCUT2D eigenvalue weighted by Gasteiger charge is 2.11. The maximum atomic E-state index is 6.24. The number of rotatable bonds is 4. The highest BCUT2D eigenvalue weighted by atomic mass is 79.9. The quantitative estimate of drug-likeness (QED) is 0.419. The summed E-state index contributed by atoms with van der Waals surface area (Å²) in [6, 6.07) is 11.6. The Balaban J connectivity index is 1.70. The van der Waals surface area contributed by atoms with E-state index in [-0.39, 0.29) is 0 Å². The SMILES string of the molecule is Cc1ccc(C)c(NC(=S)Nc2nn(Cc3ccc(Cl)cc3Cl)cc2Br)c1. The minimum Gasteiger partial charge on any atom is -0.332 e. The zero-order valence-electron chi connectivity index (χ0n) is 14.7. The maximum absolute atomic E-state index is 6.24. The average Bonchev–Trinajstić information content (AvgIpc) is 2.93. The first-order valence-electron chi connectivity index (χ1n) is 8.14. The van der Waals surface area contributed by atoms with E-state index < -0.39 is 0 Å². The monoisotopic (exact) mass is 482 g/mol. The molecule has 0 saturated heterocycles. The van der Waals surface area contributed by atoms with Crippen molar-refractivity contribution in [3.63, 3.8) is 0 Å². The molecule has 0 atom stereocenters. The van der Waals surface area contributed by atoms with Gasteiger partial charge in [-0.25, -0.2) is 0 Å². The Labute approximate surface area is 182 Å². The van der Waals surface area contributed by atoms with Crippen LogP contribution in [0.2, 0.25) is 10.0 Å². The highest BCUT2D eigenvalue weighted by Crippen LogP contribution is 2.25. The topological polar surface area (TPSA) is 41.9 Å². The summed E-state index contributed by atoms with van der Waals surface area (Å²) >= 11 is 21.1. The first kappa shape index (κ1) is 20.1. The van der Waals surface area contributed by atoms with Gasteiger partial charge in [-0.15, -0.1) is 0 Å². The largest absolute Gasteiger partial charge is 0.332 e. The predicted octanol–water partition coefficient (Wildman–Crippen LogP) is 6.43. The Kier molecular flexibility index (Phi) is 6.42. The number of nitrogens with one attached hydrogen (secondary N) is 2. The molecule has 0 aliphatic carbocycles. The number of thiocarbonyl (C=S) groups is 1. The van der Waals surface area contributed by atoms with Crippen molar-refractivity contribution in [2.45, 2.75) is 20.4 Å². The first-order valence-corrected chi connectivity index (χ1v) is 10.1. The standard InChI is InChI=1S/C19H17BrCl2N4S/c1-11-3-4-12(2)17(7-11)23-19(27)24-18-15(20)10-26(25-18)9-13-5-6-14(21)8-16(13)22/h3-8,10H,9H2,1-2H3,(H2,23,24,25,27). The molecule has 2 N–H and O–H groups in total. The summed E-state index contributed by atoms with van der Waals surface area (Å²) in [6.45, 7) is 4.60. The second kappa shape index (κ2) is 8.61. The van der Waals surface area contributed by atoms with Crippen LogP contribution < -0.4 is 10.6 Å². The zero-order chi connectivity index (χ0) is 19.6. The normalized spacial score (nSPS) is 10.7. The van der Waals surface area contributed by atoms with E-state index in [1.807, 2.05) is 32.2 Å². The van der Waals surface area contributed by atoms with Gasteiger partial charge in [0.15, 0.2) is 10.9 Å². The van der Waals surface area contributed by atoms with Gasteiger partial charge in [0.25, 0.3) is 0 Å². The number of aromatic nitrogens is 2. The summed E-state index contributed by atoms with van der Waals surface area (Å²) in [5, 5.41) is 12.6. The molecule has 0 radical (unpaired) electrons. The molecular weight excluding hydrogens is 467 g/mol. The lowest BCUT2D eigenvalue weighted by Gasteiger charge is -2.12. The Bertz CT molecular complexity index is 1000. The minimum absolute atomic E-state index is 0.471. The summed E-state index contributed by atoms with van der Waals surface area (Å²) in [6.07, 6.45) is 1.87. The molecular formula is C19H17BrCl2N4S. The van der Waals surface area contributed by atoms with Crippen LogP contribution in [0.4, 0.5) is 11.5 Å². The first-order chi connectivity index (χ1) is 12.8. The molecule has 0 unspecified atom stereocenters. The van der Waals surface area contributed by atoms with Gasteiger partial charge in [0.05, 0.1) is 11.0 Å². The van der Waals surface area contributed by atoms with Crippen LogP contribution in [-0.2, 0) is 6.54 Å². The highest BCUT2D eigenvalue weighted by molar-refractivity contribution is 9.10. The number of aryl methyl sites for hydroxylation is 2. The van der Waals surface area contributed by atoms with Crippen molar-refractivity contribution in [1.82, 2.24) is 9.78 Å². The molecule has 3 rings (SSSR count). The lowest BCUT2D eigenvalue weighted by atomic mass is 10.1. The third-order valence-electron chi connectivity index (χ3n) is 3.94. The van der Waals surface area contributed by atoms with Crippen LogP contribution in [0.3, 0.4) is 0 Å². The lowest BCUT2D eigenvalue weighted by molar-refractivity contribution is 0.690. The summed E-state index contributed by atoms with van der Waals surface area (Å²) < 4.78 is 2.58. The van der Waals surface area contributed by atoms with Gasteiger partial charge in [-0.1, -0.05) is 41.4 Å². The van der Waals surface area contributed by atoms with Crippen LogP contribution in [0.25, 0.3) is 0 Å². The molecule has 1 aromatic heterocycles. The van der Waals surface area contributed by atoms with Gasteiger partial charge in [-0.05, 0) is 76.9 Å². The van der Waals surface area contributed by atoms with Crippen molar-refractivity contribution in [3.8, 4) is 0 Å². The molecule has 4 nitrogen and oxygen atoms in total. The zero-order valence-corrected chi connectivity index (χ0v) is 18.6. The van der Waals surface area contributed by atoms with E-state index in [2.05, 4.69) is 49.9 Å². The molecule has 1 heterocycles. The van der Waals surface area contributed by atoms with E-state index in [0.29, 0.717) is 27.5 Å². The van der Waals surface area contributed by atoms with E-state index >= 15 is 0 Å². The Morgan fingerprint density at radius 1 is 1.15 bits per heavy atom. The molecule has 2 aromatic carbocycles. The van der Waals surface area contributed by atoms with Gasteiger partial charge < -0.3 is 10.6 Å². The van der Waals surface area contributed by atoms with Crippen molar-refractivity contribution < 1.29 is 0 Å². The second-order valence-corrected chi connectivity index (χ2v) is 8.26. The van der Waals surface area contributed by atoms with Crippen LogP contribution >= 0.6 is 51.3 Å². The minimum atomic E-state index is 0.471. The fraction of sp³-hybridized carbons (Fsp3) is 0.158. The van der Waals surface area contributed by atoms with Gasteiger partial charge in [0.1, 0.15) is 0 Å². The van der Waals surface area contributed by atoms with E-state index in [0.717, 1.165) is 26.9 Å². The van der Waals surface area contributed by atoms with E-state index in [1.54, 1.807) is 10.7 Å². The van der Waals surface area contributed by atoms with E-state index in [1.165, 1.54) is 0 Å². The third kappa shape index (κ3) is 5.23. The number of hydrogen-bond donors (Lipinski definition) is 2. The molecule has 0 bridgehead atoms. The van der Waals surface area contributed by atoms with Crippen LogP contribution in [0, 0.1) is 13.8 Å². The number of benzene rings is 2. The number of anilines is 2. The van der Waals surface area contributed by atoms with Crippen molar-refractivity contribution in [1.29, 1.82) is 0 Å². The maximum Gasteiger partial charge on any atom is 0.176 e. The summed E-state index contributed by atoms with van der Waals surface area (Å²) in [5.41, 5.74) is 4.18. The summed E-state index contributed by atoms with van der Waals surface area (Å²) in [7, 11) is 0. The predicted molar refractivity (Wildman–Crippen MR) is 121 cm³/mol. The van der Waals surface area contributed by atoms with Crippen LogP contribution in [0.1, 0.15) is 16.7 Å². The molecule has 0 aliphatic rings. The molecule has 3 aromatic rings. The molecule has 0 saturated carbocycles. The molecule has 140 valence electrons. The summed E-state index contributed by atoms with van der Waals surface area (Å²) in [5.74, 6) is 0.628. The Hall–Kier alpha value is -1.60. The van der Waals surface area contributed by atoms with Crippen molar-refractivity contribution in [3.05, 3.63) is 73.8 Å². The second-order valence-electron chi connectivity index (χ2n) is 6.16. The molecule has 0 aliphatic heterocycles. The molecule has 0 amide bonds. The summed E-state index contributed by atoms with van der Waals surface area (Å²) in [4.78, 5) is 0. The third-order valence-corrected chi connectivity index (χ3v) is 5.31. The molecule has 0 spiro atoms. The van der Waals surface area contributed by atoms with Crippen molar-refractivity contribution in [2.75, 3.05) is 10.6 Å². The number of halogens is 3. The smallest absolute Gasteiger partial charge is 0.176 e. The Morgan fingerprint density at radius 3 is 2.67 bits per heavy atom. The van der Waals surface area contributed by atoms with Gasteiger partial charge >= 0.3 is 0 Å². The number of hydrogen-bond acceptors (Lipinski definition) is 2. The van der Waals surface area contributed by atoms with Crippen LogP contribution in [0.15, 0.2) is 47.1 Å². The Morgan fingerprint density at radius 2 is 1.93 bits per heavy atom. The van der Waals surface area contributed by atoms with E-state index in [4.69, 9.17) is 35.4 Å². The van der Waals surface area contributed by atoms with Crippen LogP contribution in [0.5, 0.6) is 0 Å². The average molecular weight is 484 g/mol. The van der Waals surface area contributed by atoms with Gasteiger partial charge in [0, 0.05) is 21.9 Å². The van der Waals surface area contributed by atoms with E-state index in [9.17, 15) is 0 Å². The molecule has 8 heteroatoms. The van der Waals surface area contributed by atoms with Crippen molar-refractivity contribution >= 4 is 68.0 Å². The fourth-order valence-corrected chi connectivity index (χ4v) is 3.61.